The predicted octanol–water partition coefficient (Wildman–Crippen LogP) is 3.86. The Morgan fingerprint density at radius 1 is 0.897 bits per heavy atom. The van der Waals surface area contributed by atoms with Crippen molar-refractivity contribution in [2.24, 2.45) is 0 Å². The third-order valence-electron chi connectivity index (χ3n) is 4.68. The fraction of sp³-hybridized carbons (Fsp3) is 0.227. The van der Waals surface area contributed by atoms with E-state index in [1.807, 2.05) is 25.1 Å². The molecule has 152 valence electrons. The quantitative estimate of drug-likeness (QED) is 0.638. The Bertz CT molecular complexity index is 1090. The summed E-state index contributed by atoms with van der Waals surface area (Å²) in [5.74, 6) is 1.21. The minimum atomic E-state index is -3.69. The van der Waals surface area contributed by atoms with E-state index in [-0.39, 0.29) is 11.4 Å². The molecule has 0 spiro atoms. The molecule has 0 radical (unpaired) electrons. The van der Waals surface area contributed by atoms with Crippen LogP contribution in [0.25, 0.3) is 11.1 Å². The number of hydrogen-bond acceptors (Lipinski definition) is 5. The Hall–Kier alpha value is -2.90. The average Bonchev–Trinajstić information content (AvgIpc) is 2.73. The van der Waals surface area contributed by atoms with Crippen LogP contribution in [0.4, 0.5) is 0 Å². The number of aromatic nitrogens is 1. The van der Waals surface area contributed by atoms with E-state index in [0.717, 1.165) is 22.3 Å². The van der Waals surface area contributed by atoms with Crippen molar-refractivity contribution in [3.63, 3.8) is 0 Å². The van der Waals surface area contributed by atoms with Gasteiger partial charge in [0, 0.05) is 25.0 Å². The molecule has 29 heavy (non-hydrogen) atoms. The highest BCUT2D eigenvalue weighted by Gasteiger charge is 2.19. The van der Waals surface area contributed by atoms with Gasteiger partial charge in [-0.25, -0.2) is 13.1 Å². The maximum absolute atomic E-state index is 13.0. The minimum Gasteiger partial charge on any atom is -0.497 e. The predicted molar refractivity (Wildman–Crippen MR) is 113 cm³/mol. The zero-order valence-electron chi connectivity index (χ0n) is 16.9. The number of rotatable bonds is 7. The highest BCUT2D eigenvalue weighted by atomic mass is 32.2. The molecule has 0 unspecified atom stereocenters. The van der Waals surface area contributed by atoms with Gasteiger partial charge in [-0.2, -0.15) is 0 Å². The first kappa shape index (κ1) is 20.8. The molecule has 1 heterocycles. The van der Waals surface area contributed by atoms with Crippen molar-refractivity contribution in [2.75, 3.05) is 14.2 Å². The van der Waals surface area contributed by atoms with Crippen molar-refractivity contribution >= 4 is 10.0 Å². The van der Waals surface area contributed by atoms with Crippen LogP contribution in [0.15, 0.2) is 59.8 Å². The second-order valence-electron chi connectivity index (χ2n) is 6.71. The van der Waals surface area contributed by atoms with E-state index in [2.05, 4.69) is 9.71 Å². The molecule has 7 heteroatoms. The Morgan fingerprint density at radius 2 is 1.52 bits per heavy atom. The zero-order valence-corrected chi connectivity index (χ0v) is 17.7. The van der Waals surface area contributed by atoms with E-state index in [1.54, 1.807) is 57.8 Å². The number of ether oxygens (including phenoxy) is 2. The summed E-state index contributed by atoms with van der Waals surface area (Å²) in [4.78, 5) is 4.30. The molecule has 0 bridgehead atoms. The third-order valence-corrected chi connectivity index (χ3v) is 6.22. The maximum atomic E-state index is 13.0. The number of nitrogens with one attached hydrogen (secondary N) is 1. The molecule has 1 N–H and O–H groups in total. The Morgan fingerprint density at radius 3 is 2.10 bits per heavy atom. The fourth-order valence-corrected chi connectivity index (χ4v) is 4.47. The number of pyridine rings is 1. The standard InChI is InChI=1S/C22H24N2O4S/c1-15-10-22(16(2)9-21(15)18-5-7-23-8-6-18)29(25,26)24-14-17-11-19(27-3)13-20(12-17)28-4/h5-13,24H,14H2,1-4H3. The number of sulfonamides is 1. The van der Waals surface area contributed by atoms with E-state index < -0.39 is 10.0 Å². The first-order valence-corrected chi connectivity index (χ1v) is 10.6. The van der Waals surface area contributed by atoms with Gasteiger partial charge < -0.3 is 9.47 Å². The summed E-state index contributed by atoms with van der Waals surface area (Å²) in [6.07, 6.45) is 3.44. The summed E-state index contributed by atoms with van der Waals surface area (Å²) in [5.41, 5.74) is 4.29. The van der Waals surface area contributed by atoms with Gasteiger partial charge in [-0.1, -0.05) is 0 Å². The average molecular weight is 413 g/mol. The summed E-state index contributed by atoms with van der Waals surface area (Å²) in [5, 5.41) is 0. The van der Waals surface area contributed by atoms with E-state index in [0.29, 0.717) is 17.1 Å². The number of aryl methyl sites for hydroxylation is 2. The summed E-state index contributed by atoms with van der Waals surface area (Å²) < 4.78 is 39.1. The van der Waals surface area contributed by atoms with E-state index in [4.69, 9.17) is 9.47 Å². The molecular formula is C22H24N2O4S. The minimum absolute atomic E-state index is 0.125. The van der Waals surface area contributed by atoms with E-state index >= 15 is 0 Å². The van der Waals surface area contributed by atoms with Gasteiger partial charge in [0.15, 0.2) is 0 Å². The molecule has 3 aromatic rings. The highest BCUT2D eigenvalue weighted by molar-refractivity contribution is 7.89. The van der Waals surface area contributed by atoms with Crippen LogP contribution in [-0.4, -0.2) is 27.6 Å². The molecule has 2 aromatic carbocycles. The van der Waals surface area contributed by atoms with Gasteiger partial charge >= 0.3 is 0 Å². The van der Waals surface area contributed by atoms with Crippen LogP contribution in [0, 0.1) is 13.8 Å². The Kier molecular flexibility index (Phi) is 6.20. The molecule has 0 saturated heterocycles. The second kappa shape index (κ2) is 8.63. The Labute approximate surface area is 171 Å². The summed E-state index contributed by atoms with van der Waals surface area (Å²) >= 11 is 0. The summed E-state index contributed by atoms with van der Waals surface area (Å²) in [7, 11) is -0.584. The van der Waals surface area contributed by atoms with Crippen LogP contribution in [0.2, 0.25) is 0 Å². The van der Waals surface area contributed by atoms with Crippen molar-refractivity contribution in [3.8, 4) is 22.6 Å². The van der Waals surface area contributed by atoms with Crippen molar-refractivity contribution in [3.05, 3.63) is 71.5 Å². The zero-order chi connectivity index (χ0) is 21.0. The maximum Gasteiger partial charge on any atom is 0.241 e. The molecule has 0 atom stereocenters. The summed E-state index contributed by atoms with van der Waals surface area (Å²) in [6.45, 7) is 3.83. The lowest BCUT2D eigenvalue weighted by atomic mass is 9.99. The number of nitrogens with zero attached hydrogens (tertiary/aromatic N) is 1. The fourth-order valence-electron chi connectivity index (χ4n) is 3.15. The second-order valence-corrected chi connectivity index (χ2v) is 8.45. The number of benzene rings is 2. The van der Waals surface area contributed by atoms with Crippen LogP contribution in [-0.2, 0) is 16.6 Å². The highest BCUT2D eigenvalue weighted by Crippen LogP contribution is 2.28. The van der Waals surface area contributed by atoms with E-state index in [9.17, 15) is 8.42 Å². The number of methoxy groups -OCH3 is 2. The molecule has 0 aliphatic rings. The molecular weight excluding hydrogens is 388 g/mol. The van der Waals surface area contributed by atoms with Crippen molar-refractivity contribution in [1.29, 1.82) is 0 Å². The first-order chi connectivity index (χ1) is 13.8. The van der Waals surface area contributed by atoms with Gasteiger partial charge in [-0.05, 0) is 78.1 Å². The molecule has 3 rings (SSSR count). The van der Waals surface area contributed by atoms with E-state index in [1.165, 1.54) is 0 Å². The van der Waals surface area contributed by atoms with Gasteiger partial charge in [-0.3, -0.25) is 4.98 Å². The lowest BCUT2D eigenvalue weighted by molar-refractivity contribution is 0.393. The lowest BCUT2D eigenvalue weighted by Gasteiger charge is -2.14. The Balaban J connectivity index is 1.87. The van der Waals surface area contributed by atoms with Crippen molar-refractivity contribution in [1.82, 2.24) is 9.71 Å². The lowest BCUT2D eigenvalue weighted by Crippen LogP contribution is -2.24. The van der Waals surface area contributed by atoms with Gasteiger partial charge in [0.05, 0.1) is 19.1 Å². The molecule has 6 nitrogen and oxygen atoms in total. The SMILES string of the molecule is COc1cc(CNS(=O)(=O)c2cc(C)c(-c3ccncc3)cc2C)cc(OC)c1. The molecule has 0 fully saturated rings. The van der Waals surface area contributed by atoms with Gasteiger partial charge in [0.25, 0.3) is 0 Å². The molecule has 0 saturated carbocycles. The summed E-state index contributed by atoms with van der Waals surface area (Å²) in [6, 6.07) is 12.7. The van der Waals surface area contributed by atoms with Gasteiger partial charge in [-0.15, -0.1) is 0 Å². The van der Waals surface area contributed by atoms with Gasteiger partial charge in [0.1, 0.15) is 11.5 Å². The third kappa shape index (κ3) is 4.75. The van der Waals surface area contributed by atoms with Crippen LogP contribution in [0.5, 0.6) is 11.5 Å². The normalized spacial score (nSPS) is 11.3. The van der Waals surface area contributed by atoms with Gasteiger partial charge in [0.2, 0.25) is 10.0 Å². The van der Waals surface area contributed by atoms with Crippen molar-refractivity contribution in [2.45, 2.75) is 25.3 Å². The van der Waals surface area contributed by atoms with Crippen LogP contribution in [0.1, 0.15) is 16.7 Å². The van der Waals surface area contributed by atoms with Crippen molar-refractivity contribution < 1.29 is 17.9 Å². The number of hydrogen-bond donors (Lipinski definition) is 1. The molecule has 1 aromatic heterocycles. The van der Waals surface area contributed by atoms with Crippen LogP contribution >= 0.6 is 0 Å². The largest absolute Gasteiger partial charge is 0.497 e. The van der Waals surface area contributed by atoms with Crippen LogP contribution < -0.4 is 14.2 Å². The monoisotopic (exact) mass is 412 g/mol. The smallest absolute Gasteiger partial charge is 0.241 e. The molecule has 0 aliphatic heterocycles. The topological polar surface area (TPSA) is 77.5 Å². The van der Waals surface area contributed by atoms with Crippen LogP contribution in [0.3, 0.4) is 0 Å². The first-order valence-electron chi connectivity index (χ1n) is 9.07. The molecule has 0 aliphatic carbocycles. The molecule has 0 amide bonds.